The second kappa shape index (κ2) is 8.69. The quantitative estimate of drug-likeness (QED) is 0.512. The zero-order chi connectivity index (χ0) is 22.8. The number of likely N-dealkylation sites (N-methyl/N-ethyl adjacent to an activating group) is 1. The van der Waals surface area contributed by atoms with Crippen molar-refractivity contribution in [1.82, 2.24) is 0 Å². The van der Waals surface area contributed by atoms with Crippen LogP contribution in [0.3, 0.4) is 0 Å². The lowest BCUT2D eigenvalue weighted by Crippen LogP contribution is -2.44. The van der Waals surface area contributed by atoms with Crippen molar-refractivity contribution < 1.29 is 9.53 Å². The van der Waals surface area contributed by atoms with E-state index in [0.29, 0.717) is 11.4 Å². The maximum atomic E-state index is 12.7. The van der Waals surface area contributed by atoms with Gasteiger partial charge in [0, 0.05) is 29.5 Å². The first-order valence-corrected chi connectivity index (χ1v) is 10.4. The number of amides is 1. The standard InChI is InChI=1S/C26H29N3O2/c1-7-29-24-11-17(2)19(13-23(24)18(3)15-26(29,4)5)12-20(16-27)25(30)28-21-9-8-10-22(14-21)31-6/h8-15H,7H2,1-6H3,(H,28,30)/b20-12+. The molecule has 0 unspecified atom stereocenters. The van der Waals surface area contributed by atoms with E-state index in [-0.39, 0.29) is 11.1 Å². The zero-order valence-corrected chi connectivity index (χ0v) is 19.0. The summed E-state index contributed by atoms with van der Waals surface area (Å²) in [5.41, 5.74) is 5.94. The Kier molecular flexibility index (Phi) is 6.21. The topological polar surface area (TPSA) is 65.4 Å². The zero-order valence-electron chi connectivity index (χ0n) is 19.0. The highest BCUT2D eigenvalue weighted by Gasteiger charge is 2.30. The molecule has 0 spiro atoms. The lowest BCUT2D eigenvalue weighted by molar-refractivity contribution is -0.112. The Bertz CT molecular complexity index is 1120. The maximum Gasteiger partial charge on any atom is 0.266 e. The summed E-state index contributed by atoms with van der Waals surface area (Å²) in [6.07, 6.45) is 3.93. The second-order valence-electron chi connectivity index (χ2n) is 8.31. The van der Waals surface area contributed by atoms with Gasteiger partial charge < -0.3 is 15.0 Å². The summed E-state index contributed by atoms with van der Waals surface area (Å²) in [5.74, 6) is 0.188. The Labute approximate surface area is 184 Å². The molecule has 5 heteroatoms. The van der Waals surface area contributed by atoms with Gasteiger partial charge in [-0.3, -0.25) is 4.79 Å². The number of fused-ring (bicyclic) bond motifs is 1. The van der Waals surface area contributed by atoms with Gasteiger partial charge in [0.2, 0.25) is 0 Å². The van der Waals surface area contributed by atoms with Gasteiger partial charge in [-0.1, -0.05) is 12.1 Å². The first kappa shape index (κ1) is 22.2. The molecule has 1 heterocycles. The fourth-order valence-electron chi connectivity index (χ4n) is 4.18. The number of carbonyl (C=O) groups excluding carboxylic acids is 1. The molecule has 0 fully saturated rings. The van der Waals surface area contributed by atoms with Crippen LogP contribution in [0.4, 0.5) is 11.4 Å². The molecule has 0 radical (unpaired) electrons. The van der Waals surface area contributed by atoms with E-state index in [9.17, 15) is 10.1 Å². The number of nitrogens with zero attached hydrogens (tertiary/aromatic N) is 2. The number of methoxy groups -OCH3 is 1. The first-order chi connectivity index (χ1) is 14.7. The lowest BCUT2D eigenvalue weighted by Gasteiger charge is -2.43. The average molecular weight is 416 g/mol. The number of benzene rings is 2. The lowest BCUT2D eigenvalue weighted by atomic mass is 9.86. The monoisotopic (exact) mass is 415 g/mol. The molecule has 0 saturated carbocycles. The summed E-state index contributed by atoms with van der Waals surface area (Å²) in [5, 5.41) is 12.4. The van der Waals surface area contributed by atoms with Crippen molar-refractivity contribution in [1.29, 1.82) is 5.26 Å². The highest BCUT2D eigenvalue weighted by Crippen LogP contribution is 2.40. The van der Waals surface area contributed by atoms with E-state index < -0.39 is 5.91 Å². The van der Waals surface area contributed by atoms with Crippen molar-refractivity contribution in [3.05, 3.63) is 64.7 Å². The minimum atomic E-state index is -0.448. The number of aryl methyl sites for hydroxylation is 1. The summed E-state index contributed by atoms with van der Waals surface area (Å²) in [4.78, 5) is 15.1. The number of rotatable bonds is 5. The SMILES string of the molecule is CCN1c2cc(C)c(/C=C(\C#N)C(=O)Nc3cccc(OC)c3)cc2C(C)=CC1(C)C. The smallest absolute Gasteiger partial charge is 0.266 e. The van der Waals surface area contributed by atoms with Crippen molar-refractivity contribution in [2.24, 2.45) is 0 Å². The highest BCUT2D eigenvalue weighted by atomic mass is 16.5. The highest BCUT2D eigenvalue weighted by molar-refractivity contribution is 6.10. The Hall–Kier alpha value is -3.52. The van der Waals surface area contributed by atoms with Crippen molar-refractivity contribution in [3.63, 3.8) is 0 Å². The molecule has 0 aliphatic carbocycles. The van der Waals surface area contributed by atoms with Crippen LogP contribution in [0, 0.1) is 18.3 Å². The predicted molar refractivity (Wildman–Crippen MR) is 127 cm³/mol. The largest absolute Gasteiger partial charge is 0.497 e. The molecule has 160 valence electrons. The molecule has 5 nitrogen and oxygen atoms in total. The van der Waals surface area contributed by atoms with Gasteiger partial charge in [0.05, 0.1) is 12.6 Å². The van der Waals surface area contributed by atoms with E-state index in [1.807, 2.05) is 13.0 Å². The van der Waals surface area contributed by atoms with Crippen molar-refractivity contribution in [2.75, 3.05) is 23.9 Å². The van der Waals surface area contributed by atoms with Crippen LogP contribution in [-0.4, -0.2) is 25.1 Å². The number of hydrogen-bond donors (Lipinski definition) is 1. The van der Waals surface area contributed by atoms with Gasteiger partial charge in [0.15, 0.2) is 0 Å². The average Bonchev–Trinajstić information content (AvgIpc) is 2.72. The molecule has 0 aromatic heterocycles. The summed E-state index contributed by atoms with van der Waals surface area (Å²) >= 11 is 0. The molecule has 0 bridgehead atoms. The fraction of sp³-hybridized carbons (Fsp3) is 0.308. The Balaban J connectivity index is 1.97. The van der Waals surface area contributed by atoms with Gasteiger partial charge in [-0.25, -0.2) is 0 Å². The van der Waals surface area contributed by atoms with Crippen LogP contribution in [-0.2, 0) is 4.79 Å². The Morgan fingerprint density at radius 1 is 1.26 bits per heavy atom. The van der Waals surface area contributed by atoms with Gasteiger partial charge in [-0.2, -0.15) is 5.26 Å². The van der Waals surface area contributed by atoms with Gasteiger partial charge >= 0.3 is 0 Å². The molecule has 31 heavy (non-hydrogen) atoms. The molecule has 1 aliphatic heterocycles. The van der Waals surface area contributed by atoms with Crippen molar-refractivity contribution in [3.8, 4) is 11.8 Å². The van der Waals surface area contributed by atoms with Crippen LogP contribution in [0.1, 0.15) is 44.4 Å². The van der Waals surface area contributed by atoms with Crippen LogP contribution in [0.5, 0.6) is 5.75 Å². The molecule has 1 aliphatic rings. The summed E-state index contributed by atoms with van der Waals surface area (Å²) in [6, 6.07) is 13.3. The third-order valence-corrected chi connectivity index (χ3v) is 5.67. The summed E-state index contributed by atoms with van der Waals surface area (Å²) in [6.45, 7) is 11.6. The maximum absolute atomic E-state index is 12.7. The third kappa shape index (κ3) is 4.49. The van der Waals surface area contributed by atoms with Crippen molar-refractivity contribution in [2.45, 2.75) is 40.2 Å². The minimum Gasteiger partial charge on any atom is -0.497 e. The molecule has 2 aromatic rings. The minimum absolute atomic E-state index is 0.0518. The van der Waals surface area contributed by atoms with Crippen LogP contribution in [0.15, 0.2) is 48.0 Å². The summed E-state index contributed by atoms with van der Waals surface area (Å²) in [7, 11) is 1.57. The molecule has 1 amide bonds. The number of nitrogens with one attached hydrogen (secondary N) is 1. The van der Waals surface area contributed by atoms with E-state index in [0.717, 1.165) is 23.2 Å². The number of anilines is 2. The van der Waals surface area contributed by atoms with E-state index in [1.165, 1.54) is 11.3 Å². The van der Waals surface area contributed by atoms with E-state index in [1.54, 1.807) is 37.5 Å². The number of nitriles is 1. The normalized spacial score (nSPS) is 14.9. The molecule has 0 saturated heterocycles. The van der Waals surface area contributed by atoms with Gasteiger partial charge in [0.1, 0.15) is 17.4 Å². The van der Waals surface area contributed by atoms with Crippen LogP contribution in [0.2, 0.25) is 0 Å². The van der Waals surface area contributed by atoms with Crippen LogP contribution < -0.4 is 15.0 Å². The first-order valence-electron chi connectivity index (χ1n) is 10.4. The van der Waals surface area contributed by atoms with Gasteiger partial charge in [-0.05, 0) is 81.7 Å². The number of carbonyl (C=O) groups is 1. The Morgan fingerprint density at radius 2 is 2.00 bits per heavy atom. The van der Waals surface area contributed by atoms with E-state index in [4.69, 9.17) is 4.74 Å². The fourth-order valence-corrected chi connectivity index (χ4v) is 4.18. The molecule has 0 atom stereocenters. The molecule has 3 rings (SSSR count). The predicted octanol–water partition coefficient (Wildman–Crippen LogP) is 5.57. The molecule has 2 aromatic carbocycles. The van der Waals surface area contributed by atoms with E-state index in [2.05, 4.69) is 56.1 Å². The Morgan fingerprint density at radius 3 is 2.65 bits per heavy atom. The molecule has 1 N–H and O–H groups in total. The molecular weight excluding hydrogens is 386 g/mol. The number of ether oxygens (including phenoxy) is 1. The molecular formula is C26H29N3O2. The summed E-state index contributed by atoms with van der Waals surface area (Å²) < 4.78 is 5.19. The van der Waals surface area contributed by atoms with Crippen LogP contribution >= 0.6 is 0 Å². The van der Waals surface area contributed by atoms with Gasteiger partial charge in [0.25, 0.3) is 5.91 Å². The van der Waals surface area contributed by atoms with Gasteiger partial charge in [-0.15, -0.1) is 0 Å². The van der Waals surface area contributed by atoms with E-state index >= 15 is 0 Å². The third-order valence-electron chi connectivity index (χ3n) is 5.67. The second-order valence-corrected chi connectivity index (χ2v) is 8.31. The number of hydrogen-bond acceptors (Lipinski definition) is 4. The van der Waals surface area contributed by atoms with Crippen LogP contribution in [0.25, 0.3) is 11.6 Å². The van der Waals surface area contributed by atoms with Crippen molar-refractivity contribution >= 4 is 28.9 Å². The number of allylic oxidation sites excluding steroid dienone is 1.